The highest BCUT2D eigenvalue weighted by Crippen LogP contribution is 2.33. The molecule has 0 bridgehead atoms. The van der Waals surface area contributed by atoms with Gasteiger partial charge in [0.25, 0.3) is 0 Å². The molecular weight excluding hydrogens is 312 g/mol. The minimum Gasteiger partial charge on any atom is -0.458 e. The first-order valence-electron chi connectivity index (χ1n) is 7.30. The van der Waals surface area contributed by atoms with Gasteiger partial charge in [0.15, 0.2) is 5.11 Å². The Morgan fingerprint density at radius 1 is 1.43 bits per heavy atom. The number of hydrogen-bond donors (Lipinski definition) is 3. The second-order valence-corrected chi connectivity index (χ2v) is 5.78. The summed E-state index contributed by atoms with van der Waals surface area (Å²) in [5, 5.41) is 13.6. The highest BCUT2D eigenvalue weighted by atomic mass is 32.1. The fourth-order valence-electron chi connectivity index (χ4n) is 2.78. The molecule has 0 radical (unpaired) electrons. The largest absolute Gasteiger partial charge is 0.458 e. The van der Waals surface area contributed by atoms with E-state index in [0.29, 0.717) is 12.3 Å². The van der Waals surface area contributed by atoms with Gasteiger partial charge in [0.05, 0.1) is 25.4 Å². The summed E-state index contributed by atoms with van der Waals surface area (Å²) in [7, 11) is 0. The number of thiocarbonyl (C=S) groups is 1. The van der Waals surface area contributed by atoms with Crippen LogP contribution in [0, 0.1) is 0 Å². The summed E-state index contributed by atoms with van der Waals surface area (Å²) in [4.78, 5) is 2.17. The van der Waals surface area contributed by atoms with Crippen molar-refractivity contribution < 1.29 is 9.52 Å². The van der Waals surface area contributed by atoms with E-state index in [1.54, 1.807) is 0 Å². The average Bonchev–Trinajstić information content (AvgIpc) is 3.12. The van der Waals surface area contributed by atoms with Gasteiger partial charge in [-0.05, 0) is 42.4 Å². The molecule has 7 heteroatoms. The van der Waals surface area contributed by atoms with E-state index in [1.807, 2.05) is 24.3 Å². The van der Waals surface area contributed by atoms with Crippen LogP contribution in [0.25, 0.3) is 0 Å². The highest BCUT2D eigenvalue weighted by Gasteiger charge is 2.28. The first kappa shape index (κ1) is 15.5. The normalized spacial score (nSPS) is 16.7. The number of rotatable bonds is 5. The maximum absolute atomic E-state index is 9.63. The van der Waals surface area contributed by atoms with Gasteiger partial charge in [-0.25, -0.2) is 0 Å². The number of hydrazone groups is 1. The molecule has 1 aromatic carbocycles. The number of anilines is 1. The molecular formula is C16H18N4O2S. The molecule has 1 aromatic heterocycles. The fourth-order valence-corrected chi connectivity index (χ4v) is 2.83. The van der Waals surface area contributed by atoms with Gasteiger partial charge in [-0.15, -0.1) is 0 Å². The topological polar surface area (TPSA) is 87.0 Å². The molecule has 2 aromatic rings. The molecule has 0 unspecified atom stereocenters. The summed E-state index contributed by atoms with van der Waals surface area (Å²) in [5.41, 5.74) is 10.2. The average molecular weight is 330 g/mol. The number of benzene rings is 1. The predicted molar refractivity (Wildman–Crippen MR) is 93.4 cm³/mol. The number of aliphatic hydroxyl groups is 1. The van der Waals surface area contributed by atoms with Gasteiger partial charge < -0.3 is 20.2 Å². The molecule has 23 heavy (non-hydrogen) atoms. The Hall–Kier alpha value is -2.38. The number of aliphatic hydroxyl groups excluding tert-OH is 1. The van der Waals surface area contributed by atoms with Crippen LogP contribution in [0.3, 0.4) is 0 Å². The van der Waals surface area contributed by atoms with E-state index in [4.69, 9.17) is 10.2 Å². The Labute approximate surface area is 139 Å². The van der Waals surface area contributed by atoms with Crippen LogP contribution in [-0.4, -0.2) is 29.1 Å². The molecule has 1 atom stereocenters. The molecule has 1 aliphatic rings. The van der Waals surface area contributed by atoms with Crippen LogP contribution >= 0.6 is 12.2 Å². The molecule has 6 nitrogen and oxygen atoms in total. The zero-order valence-corrected chi connectivity index (χ0v) is 13.3. The lowest BCUT2D eigenvalue weighted by molar-refractivity contribution is 0.261. The first-order valence-corrected chi connectivity index (χ1v) is 7.71. The van der Waals surface area contributed by atoms with Crippen molar-refractivity contribution in [3.8, 4) is 0 Å². The van der Waals surface area contributed by atoms with Crippen LogP contribution in [0.1, 0.15) is 17.1 Å². The number of fused-ring (bicyclic) bond motifs is 1. The second-order valence-electron chi connectivity index (χ2n) is 5.34. The Kier molecular flexibility index (Phi) is 4.59. The van der Waals surface area contributed by atoms with Crippen molar-refractivity contribution in [1.29, 1.82) is 0 Å². The monoisotopic (exact) mass is 330 g/mol. The Bertz CT molecular complexity index is 728. The van der Waals surface area contributed by atoms with E-state index in [-0.39, 0.29) is 17.8 Å². The van der Waals surface area contributed by atoms with Crippen LogP contribution < -0.4 is 16.1 Å². The standard InChI is InChI=1S/C16H18N4O2S/c17-16(23)19-18-8-13-5-6-14(22-13)9-20-12(10-21)7-11-3-1-2-4-15(11)20/h1-6,8,12,21H,7,9-10H2,(H3,17,19,23)/t12-/m0/s1. The van der Waals surface area contributed by atoms with Gasteiger partial charge in [0.1, 0.15) is 11.5 Å². The van der Waals surface area contributed by atoms with Crippen molar-refractivity contribution in [3.05, 3.63) is 53.5 Å². The van der Waals surface area contributed by atoms with Crippen LogP contribution in [0.4, 0.5) is 5.69 Å². The third-order valence-corrected chi connectivity index (χ3v) is 3.87. The molecule has 0 fully saturated rings. The quantitative estimate of drug-likeness (QED) is 0.436. The van der Waals surface area contributed by atoms with E-state index >= 15 is 0 Å². The molecule has 3 rings (SSSR count). The summed E-state index contributed by atoms with van der Waals surface area (Å²) in [6, 6.07) is 12.0. The van der Waals surface area contributed by atoms with E-state index in [1.165, 1.54) is 11.8 Å². The minimum atomic E-state index is 0.0749. The maximum Gasteiger partial charge on any atom is 0.184 e. The number of furan rings is 1. The molecule has 0 saturated heterocycles. The van der Waals surface area contributed by atoms with Crippen molar-refractivity contribution in [2.75, 3.05) is 11.5 Å². The lowest BCUT2D eigenvalue weighted by Gasteiger charge is -2.25. The maximum atomic E-state index is 9.63. The molecule has 120 valence electrons. The van der Waals surface area contributed by atoms with E-state index in [9.17, 15) is 5.11 Å². The number of nitrogens with zero attached hydrogens (tertiary/aromatic N) is 2. The lowest BCUT2D eigenvalue weighted by Crippen LogP contribution is -2.34. The molecule has 4 N–H and O–H groups in total. The zero-order chi connectivity index (χ0) is 16.2. The number of nitrogens with one attached hydrogen (secondary N) is 1. The summed E-state index contributed by atoms with van der Waals surface area (Å²) < 4.78 is 5.74. The summed E-state index contributed by atoms with van der Waals surface area (Å²) in [6.07, 6.45) is 2.36. The minimum absolute atomic E-state index is 0.0749. The van der Waals surface area contributed by atoms with Crippen LogP contribution in [0.15, 0.2) is 45.9 Å². The van der Waals surface area contributed by atoms with Gasteiger partial charge >= 0.3 is 0 Å². The first-order chi connectivity index (χ1) is 11.2. The van der Waals surface area contributed by atoms with Gasteiger partial charge in [-0.2, -0.15) is 5.10 Å². The molecule has 0 saturated carbocycles. The second kappa shape index (κ2) is 6.80. The Morgan fingerprint density at radius 2 is 2.26 bits per heavy atom. The van der Waals surface area contributed by atoms with Gasteiger partial charge in [0.2, 0.25) is 0 Å². The molecule has 0 aliphatic carbocycles. The fraction of sp³-hybridized carbons (Fsp3) is 0.250. The summed E-state index contributed by atoms with van der Waals surface area (Å²) in [6.45, 7) is 0.709. The van der Waals surface area contributed by atoms with Crippen LogP contribution in [0.5, 0.6) is 0 Å². The van der Waals surface area contributed by atoms with Gasteiger partial charge in [-0.3, -0.25) is 5.43 Å². The molecule has 2 heterocycles. The van der Waals surface area contributed by atoms with Crippen molar-refractivity contribution in [2.24, 2.45) is 10.8 Å². The summed E-state index contributed by atoms with van der Waals surface area (Å²) in [5.74, 6) is 1.41. The van der Waals surface area contributed by atoms with Crippen molar-refractivity contribution in [1.82, 2.24) is 5.43 Å². The van der Waals surface area contributed by atoms with Gasteiger partial charge in [-0.1, -0.05) is 18.2 Å². The summed E-state index contributed by atoms with van der Waals surface area (Å²) >= 11 is 4.67. The molecule has 0 amide bonds. The van der Waals surface area contributed by atoms with Crippen LogP contribution in [0.2, 0.25) is 0 Å². The number of nitrogens with two attached hydrogens (primary N) is 1. The van der Waals surface area contributed by atoms with Crippen molar-refractivity contribution in [3.63, 3.8) is 0 Å². The third-order valence-electron chi connectivity index (χ3n) is 3.78. The Morgan fingerprint density at radius 3 is 3.04 bits per heavy atom. The SMILES string of the molecule is NC(=S)NN=Cc1ccc(CN2c3ccccc3C[C@H]2CO)o1. The van der Waals surface area contributed by atoms with Crippen LogP contribution in [-0.2, 0) is 13.0 Å². The zero-order valence-electron chi connectivity index (χ0n) is 12.5. The Balaban J connectivity index is 1.73. The highest BCUT2D eigenvalue weighted by molar-refractivity contribution is 7.80. The van der Waals surface area contributed by atoms with E-state index in [2.05, 4.69) is 39.8 Å². The van der Waals surface area contributed by atoms with Gasteiger partial charge in [0, 0.05) is 5.69 Å². The molecule has 0 spiro atoms. The lowest BCUT2D eigenvalue weighted by atomic mass is 10.1. The third kappa shape index (κ3) is 3.52. The molecule has 1 aliphatic heterocycles. The number of para-hydroxylation sites is 1. The smallest absolute Gasteiger partial charge is 0.184 e. The van der Waals surface area contributed by atoms with E-state index < -0.39 is 0 Å². The van der Waals surface area contributed by atoms with Crippen molar-refractivity contribution >= 4 is 29.2 Å². The number of hydrogen-bond acceptors (Lipinski definition) is 5. The predicted octanol–water partition coefficient (Wildman–Crippen LogP) is 1.37. The van der Waals surface area contributed by atoms with Crippen molar-refractivity contribution in [2.45, 2.75) is 19.0 Å². The van der Waals surface area contributed by atoms with E-state index in [0.717, 1.165) is 17.9 Å².